The highest BCUT2D eigenvalue weighted by Crippen LogP contribution is 2.10. The Kier molecular flexibility index (Phi) is 4.13. The molecule has 14 heavy (non-hydrogen) atoms. The number of carbonyl (C=O) groups is 1. The van der Waals surface area contributed by atoms with Crippen LogP contribution in [0.1, 0.15) is 18.5 Å². The number of carbonyl (C=O) groups excluding carboxylic acids is 1. The van der Waals surface area contributed by atoms with E-state index in [1.807, 2.05) is 37.3 Å². The Morgan fingerprint density at radius 1 is 1.36 bits per heavy atom. The summed E-state index contributed by atoms with van der Waals surface area (Å²) in [6, 6.07) is 10.3. The summed E-state index contributed by atoms with van der Waals surface area (Å²) in [6.07, 6.45) is 0. The first-order chi connectivity index (χ1) is 6.74. The van der Waals surface area contributed by atoms with Gasteiger partial charge >= 0.3 is 0 Å². The van der Waals surface area contributed by atoms with E-state index in [9.17, 15) is 4.79 Å². The van der Waals surface area contributed by atoms with E-state index in [1.165, 1.54) is 5.56 Å². The van der Waals surface area contributed by atoms with Gasteiger partial charge in [-0.1, -0.05) is 30.3 Å². The van der Waals surface area contributed by atoms with Crippen molar-refractivity contribution >= 4 is 5.91 Å². The van der Waals surface area contributed by atoms with Gasteiger partial charge in [-0.2, -0.15) is 0 Å². The zero-order chi connectivity index (χ0) is 10.4. The number of benzene rings is 1. The molecule has 0 aliphatic carbocycles. The lowest BCUT2D eigenvalue weighted by Crippen LogP contribution is -2.32. The zero-order valence-electron chi connectivity index (χ0n) is 8.58. The summed E-state index contributed by atoms with van der Waals surface area (Å²) in [4.78, 5) is 11.0. The van der Waals surface area contributed by atoms with E-state index in [4.69, 9.17) is 0 Å². The monoisotopic (exact) mass is 192 g/mol. The van der Waals surface area contributed by atoms with Crippen molar-refractivity contribution in [3.63, 3.8) is 0 Å². The lowest BCUT2D eigenvalue weighted by Gasteiger charge is -2.13. The summed E-state index contributed by atoms with van der Waals surface area (Å²) in [7, 11) is 1.64. The molecule has 0 saturated carbocycles. The quantitative estimate of drug-likeness (QED) is 0.749. The van der Waals surface area contributed by atoms with Gasteiger partial charge in [0.15, 0.2) is 0 Å². The molecule has 0 unspecified atom stereocenters. The SMILES string of the molecule is CNC(=O)CN[C@H](C)c1ccccc1. The van der Waals surface area contributed by atoms with Crippen LogP contribution in [0.3, 0.4) is 0 Å². The largest absolute Gasteiger partial charge is 0.358 e. The Morgan fingerprint density at radius 2 is 2.00 bits per heavy atom. The van der Waals surface area contributed by atoms with Crippen LogP contribution in [0.5, 0.6) is 0 Å². The van der Waals surface area contributed by atoms with Crippen molar-refractivity contribution in [1.82, 2.24) is 10.6 Å². The molecule has 0 aliphatic heterocycles. The van der Waals surface area contributed by atoms with Crippen LogP contribution in [0.2, 0.25) is 0 Å². The fourth-order valence-corrected chi connectivity index (χ4v) is 1.19. The van der Waals surface area contributed by atoms with Crippen molar-refractivity contribution in [1.29, 1.82) is 0 Å². The molecule has 3 heteroatoms. The molecular weight excluding hydrogens is 176 g/mol. The second-order valence-corrected chi connectivity index (χ2v) is 3.19. The molecule has 2 N–H and O–H groups in total. The third-order valence-corrected chi connectivity index (χ3v) is 2.15. The van der Waals surface area contributed by atoms with Crippen LogP contribution in [-0.2, 0) is 4.79 Å². The Hall–Kier alpha value is -1.35. The van der Waals surface area contributed by atoms with Gasteiger partial charge in [-0.25, -0.2) is 0 Å². The van der Waals surface area contributed by atoms with Crippen LogP contribution in [0.4, 0.5) is 0 Å². The molecule has 0 spiro atoms. The molecule has 0 radical (unpaired) electrons. The molecule has 1 amide bonds. The molecular formula is C11H16N2O. The molecule has 0 aromatic heterocycles. The number of amides is 1. The second kappa shape index (κ2) is 5.40. The summed E-state index contributed by atoms with van der Waals surface area (Å²) in [6.45, 7) is 2.39. The van der Waals surface area contributed by atoms with Gasteiger partial charge in [0.25, 0.3) is 0 Å². The summed E-state index contributed by atoms with van der Waals surface area (Å²) in [5, 5.41) is 5.71. The molecule has 0 heterocycles. The van der Waals surface area contributed by atoms with Gasteiger partial charge in [0.05, 0.1) is 6.54 Å². The highest BCUT2D eigenvalue weighted by atomic mass is 16.1. The first-order valence-electron chi connectivity index (χ1n) is 4.73. The first kappa shape index (κ1) is 10.7. The number of rotatable bonds is 4. The molecule has 0 fully saturated rings. The Labute approximate surface area is 84.5 Å². The molecule has 0 bridgehead atoms. The number of nitrogens with one attached hydrogen (secondary N) is 2. The Morgan fingerprint density at radius 3 is 2.57 bits per heavy atom. The summed E-state index contributed by atoms with van der Waals surface area (Å²) in [5.74, 6) is 0.00720. The third-order valence-electron chi connectivity index (χ3n) is 2.15. The van der Waals surface area contributed by atoms with Crippen LogP contribution in [0, 0.1) is 0 Å². The van der Waals surface area contributed by atoms with Crippen molar-refractivity contribution in [2.24, 2.45) is 0 Å². The minimum atomic E-state index is 0.00720. The standard InChI is InChI=1S/C11H16N2O/c1-9(13-8-11(14)12-2)10-6-4-3-5-7-10/h3-7,9,13H,8H2,1-2H3,(H,12,14)/t9-/m1/s1. The van der Waals surface area contributed by atoms with Gasteiger partial charge < -0.3 is 10.6 Å². The minimum absolute atomic E-state index is 0.00720. The van der Waals surface area contributed by atoms with Gasteiger partial charge in [-0.05, 0) is 12.5 Å². The Bertz CT molecular complexity index is 285. The maximum absolute atomic E-state index is 11.0. The van der Waals surface area contributed by atoms with E-state index in [0.29, 0.717) is 6.54 Å². The maximum atomic E-state index is 11.0. The molecule has 1 aromatic carbocycles. The van der Waals surface area contributed by atoms with Gasteiger partial charge in [-0.3, -0.25) is 4.79 Å². The van der Waals surface area contributed by atoms with E-state index in [2.05, 4.69) is 10.6 Å². The second-order valence-electron chi connectivity index (χ2n) is 3.19. The van der Waals surface area contributed by atoms with Crippen LogP contribution in [-0.4, -0.2) is 19.5 Å². The van der Waals surface area contributed by atoms with Crippen molar-refractivity contribution in [3.05, 3.63) is 35.9 Å². The van der Waals surface area contributed by atoms with Gasteiger partial charge in [-0.15, -0.1) is 0 Å². The van der Waals surface area contributed by atoms with Crippen molar-refractivity contribution < 1.29 is 4.79 Å². The number of likely N-dealkylation sites (N-methyl/N-ethyl adjacent to an activating group) is 1. The van der Waals surface area contributed by atoms with Gasteiger partial charge in [0.2, 0.25) is 5.91 Å². The summed E-state index contributed by atoms with van der Waals surface area (Å²) >= 11 is 0. The van der Waals surface area contributed by atoms with E-state index < -0.39 is 0 Å². The molecule has 1 rings (SSSR count). The van der Waals surface area contributed by atoms with Gasteiger partial charge in [0.1, 0.15) is 0 Å². The van der Waals surface area contributed by atoms with E-state index in [0.717, 1.165) is 0 Å². The zero-order valence-corrected chi connectivity index (χ0v) is 8.58. The summed E-state index contributed by atoms with van der Waals surface area (Å²) in [5.41, 5.74) is 1.19. The topological polar surface area (TPSA) is 41.1 Å². The number of hydrogen-bond acceptors (Lipinski definition) is 2. The molecule has 3 nitrogen and oxygen atoms in total. The fourth-order valence-electron chi connectivity index (χ4n) is 1.19. The minimum Gasteiger partial charge on any atom is -0.358 e. The maximum Gasteiger partial charge on any atom is 0.233 e. The van der Waals surface area contributed by atoms with Crippen LogP contribution in [0.25, 0.3) is 0 Å². The van der Waals surface area contributed by atoms with Crippen molar-refractivity contribution in [3.8, 4) is 0 Å². The highest BCUT2D eigenvalue weighted by Gasteiger charge is 2.05. The van der Waals surface area contributed by atoms with E-state index in [-0.39, 0.29) is 11.9 Å². The molecule has 1 aromatic rings. The van der Waals surface area contributed by atoms with Crippen LogP contribution < -0.4 is 10.6 Å². The summed E-state index contributed by atoms with van der Waals surface area (Å²) < 4.78 is 0. The van der Waals surface area contributed by atoms with E-state index >= 15 is 0 Å². The van der Waals surface area contributed by atoms with Gasteiger partial charge in [0, 0.05) is 13.1 Å². The lowest BCUT2D eigenvalue weighted by atomic mass is 10.1. The highest BCUT2D eigenvalue weighted by molar-refractivity contribution is 5.77. The van der Waals surface area contributed by atoms with Crippen molar-refractivity contribution in [2.75, 3.05) is 13.6 Å². The van der Waals surface area contributed by atoms with Crippen LogP contribution >= 0.6 is 0 Å². The fraction of sp³-hybridized carbons (Fsp3) is 0.364. The predicted molar refractivity (Wildman–Crippen MR) is 56.9 cm³/mol. The van der Waals surface area contributed by atoms with E-state index in [1.54, 1.807) is 7.05 Å². The van der Waals surface area contributed by atoms with Crippen molar-refractivity contribution in [2.45, 2.75) is 13.0 Å². The lowest BCUT2D eigenvalue weighted by molar-refractivity contribution is -0.119. The average molecular weight is 192 g/mol. The molecule has 76 valence electrons. The smallest absolute Gasteiger partial charge is 0.233 e. The molecule has 0 saturated heterocycles. The Balaban J connectivity index is 2.43. The molecule has 0 aliphatic rings. The van der Waals surface area contributed by atoms with Crippen LogP contribution in [0.15, 0.2) is 30.3 Å². The predicted octanol–water partition coefficient (Wildman–Crippen LogP) is 1.08. The molecule has 1 atom stereocenters. The average Bonchev–Trinajstić information content (AvgIpc) is 2.26. The first-order valence-corrected chi connectivity index (χ1v) is 4.73. The number of hydrogen-bond donors (Lipinski definition) is 2. The third kappa shape index (κ3) is 3.18. The normalized spacial score (nSPS) is 12.1.